The Bertz CT molecular complexity index is 781. The van der Waals surface area contributed by atoms with Crippen molar-refractivity contribution in [2.45, 2.75) is 24.6 Å². The predicted octanol–water partition coefficient (Wildman–Crippen LogP) is 2.91. The van der Waals surface area contributed by atoms with Crippen molar-refractivity contribution in [1.29, 1.82) is 0 Å². The van der Waals surface area contributed by atoms with Gasteiger partial charge in [0.25, 0.3) is 0 Å². The molecule has 128 valence electrons. The first-order chi connectivity index (χ1) is 11.5. The molecule has 6 heteroatoms. The minimum absolute atomic E-state index is 0.148. The van der Waals surface area contributed by atoms with E-state index in [1.165, 1.54) is 18.2 Å². The molecule has 3 rings (SSSR count). The number of nitrogens with zero attached hydrogens (tertiary/aromatic N) is 1. The lowest BCUT2D eigenvalue weighted by Crippen LogP contribution is -2.40. The average Bonchev–Trinajstić information content (AvgIpc) is 3.02. The highest BCUT2D eigenvalue weighted by molar-refractivity contribution is 7.88. The minimum atomic E-state index is -3.49. The molecule has 1 fully saturated rings. The van der Waals surface area contributed by atoms with E-state index >= 15 is 0 Å². The van der Waals surface area contributed by atoms with E-state index in [1.807, 2.05) is 30.3 Å². The van der Waals surface area contributed by atoms with Crippen LogP contribution < -0.4 is 9.62 Å². The van der Waals surface area contributed by atoms with Crippen LogP contribution in [0.1, 0.15) is 18.4 Å². The van der Waals surface area contributed by atoms with Gasteiger partial charge in [-0.3, -0.25) is 0 Å². The zero-order chi connectivity index (χ0) is 17.0. The van der Waals surface area contributed by atoms with Crippen molar-refractivity contribution in [2.24, 2.45) is 0 Å². The summed E-state index contributed by atoms with van der Waals surface area (Å²) in [6.45, 7) is 1.30. The SMILES string of the molecule is O=S(=O)(Cc1cccc(F)c1)NCC1CCCN1c1ccccc1. The number of halogens is 1. The summed E-state index contributed by atoms with van der Waals surface area (Å²) in [5.74, 6) is -0.628. The van der Waals surface area contributed by atoms with Crippen LogP contribution in [0.25, 0.3) is 0 Å². The Kier molecular flexibility index (Phi) is 5.16. The molecule has 1 heterocycles. The topological polar surface area (TPSA) is 49.4 Å². The van der Waals surface area contributed by atoms with E-state index in [2.05, 4.69) is 9.62 Å². The quantitative estimate of drug-likeness (QED) is 0.873. The second-order valence-corrected chi connectivity index (χ2v) is 7.87. The lowest BCUT2D eigenvalue weighted by Gasteiger charge is -2.27. The molecule has 1 aliphatic heterocycles. The first kappa shape index (κ1) is 16.9. The van der Waals surface area contributed by atoms with Crippen molar-refractivity contribution in [1.82, 2.24) is 4.72 Å². The molecule has 0 spiro atoms. The molecule has 1 unspecified atom stereocenters. The summed E-state index contributed by atoms with van der Waals surface area (Å²) in [6, 6.07) is 15.9. The first-order valence-corrected chi connectivity index (χ1v) is 9.72. The molecule has 0 aliphatic carbocycles. The fourth-order valence-electron chi connectivity index (χ4n) is 3.13. The van der Waals surface area contributed by atoms with Gasteiger partial charge >= 0.3 is 0 Å². The van der Waals surface area contributed by atoms with Gasteiger partial charge in [-0.2, -0.15) is 0 Å². The smallest absolute Gasteiger partial charge is 0.215 e. The van der Waals surface area contributed by atoms with Gasteiger partial charge in [0.05, 0.1) is 5.75 Å². The van der Waals surface area contributed by atoms with Gasteiger partial charge in [0.1, 0.15) is 5.82 Å². The zero-order valence-electron chi connectivity index (χ0n) is 13.4. The lowest BCUT2D eigenvalue weighted by molar-refractivity contribution is 0.566. The van der Waals surface area contributed by atoms with E-state index in [0.29, 0.717) is 12.1 Å². The van der Waals surface area contributed by atoms with Crippen LogP contribution >= 0.6 is 0 Å². The fourth-order valence-corrected chi connectivity index (χ4v) is 4.29. The molecule has 1 aliphatic rings. The molecule has 2 aromatic carbocycles. The molecule has 1 saturated heterocycles. The number of benzene rings is 2. The summed E-state index contributed by atoms with van der Waals surface area (Å²) in [5.41, 5.74) is 1.57. The maximum Gasteiger partial charge on any atom is 0.215 e. The Morgan fingerprint density at radius 3 is 2.67 bits per heavy atom. The van der Waals surface area contributed by atoms with Crippen molar-refractivity contribution in [3.05, 3.63) is 66.0 Å². The van der Waals surface area contributed by atoms with Crippen molar-refractivity contribution in [3.63, 3.8) is 0 Å². The average molecular weight is 348 g/mol. The summed E-state index contributed by atoms with van der Waals surface area (Å²) >= 11 is 0. The number of sulfonamides is 1. The van der Waals surface area contributed by atoms with Gasteiger partial charge < -0.3 is 4.90 Å². The Balaban J connectivity index is 1.61. The largest absolute Gasteiger partial charge is 0.367 e. The van der Waals surface area contributed by atoms with Gasteiger partial charge in [-0.1, -0.05) is 30.3 Å². The van der Waals surface area contributed by atoms with Gasteiger partial charge in [0.15, 0.2) is 0 Å². The third kappa shape index (κ3) is 4.33. The molecule has 1 atom stereocenters. The molecule has 24 heavy (non-hydrogen) atoms. The van der Waals surface area contributed by atoms with Crippen molar-refractivity contribution >= 4 is 15.7 Å². The van der Waals surface area contributed by atoms with Crippen molar-refractivity contribution < 1.29 is 12.8 Å². The van der Waals surface area contributed by atoms with E-state index in [9.17, 15) is 12.8 Å². The van der Waals surface area contributed by atoms with Crippen LogP contribution in [-0.4, -0.2) is 27.5 Å². The molecular formula is C18H21FN2O2S. The number of para-hydroxylation sites is 1. The lowest BCUT2D eigenvalue weighted by atomic mass is 10.2. The summed E-state index contributed by atoms with van der Waals surface area (Å²) in [5, 5.41) is 0. The van der Waals surface area contributed by atoms with Gasteiger partial charge in [-0.15, -0.1) is 0 Å². The summed E-state index contributed by atoms with van der Waals surface area (Å²) in [4.78, 5) is 2.24. The van der Waals surface area contributed by atoms with Crippen LogP contribution in [0, 0.1) is 5.82 Å². The summed E-state index contributed by atoms with van der Waals surface area (Å²) < 4.78 is 40.4. The van der Waals surface area contributed by atoms with E-state index in [-0.39, 0.29) is 11.8 Å². The molecule has 1 N–H and O–H groups in total. The van der Waals surface area contributed by atoms with Crippen LogP contribution in [0.4, 0.5) is 10.1 Å². The number of rotatable bonds is 6. The zero-order valence-corrected chi connectivity index (χ0v) is 14.2. The molecule has 2 aromatic rings. The Morgan fingerprint density at radius 2 is 1.92 bits per heavy atom. The van der Waals surface area contributed by atoms with Crippen molar-refractivity contribution in [2.75, 3.05) is 18.0 Å². The fraction of sp³-hybridized carbons (Fsp3) is 0.333. The maximum absolute atomic E-state index is 13.2. The molecule has 0 radical (unpaired) electrons. The van der Waals surface area contributed by atoms with Gasteiger partial charge in [0, 0.05) is 24.8 Å². The van der Waals surface area contributed by atoms with Crippen LogP contribution in [0.3, 0.4) is 0 Å². The van der Waals surface area contributed by atoms with Crippen LogP contribution in [0.2, 0.25) is 0 Å². The minimum Gasteiger partial charge on any atom is -0.367 e. The van der Waals surface area contributed by atoms with Gasteiger partial charge in [-0.25, -0.2) is 17.5 Å². The van der Waals surface area contributed by atoms with Crippen LogP contribution in [0.15, 0.2) is 54.6 Å². The molecule has 0 aromatic heterocycles. The Hall–Kier alpha value is -1.92. The van der Waals surface area contributed by atoms with Crippen LogP contribution in [0.5, 0.6) is 0 Å². The van der Waals surface area contributed by atoms with Crippen molar-refractivity contribution in [3.8, 4) is 0 Å². The number of nitrogens with one attached hydrogen (secondary N) is 1. The second kappa shape index (κ2) is 7.32. The van der Waals surface area contributed by atoms with E-state index < -0.39 is 15.8 Å². The highest BCUT2D eigenvalue weighted by Crippen LogP contribution is 2.24. The summed E-state index contributed by atoms with van der Waals surface area (Å²) in [6.07, 6.45) is 2.00. The molecule has 0 bridgehead atoms. The van der Waals surface area contributed by atoms with Gasteiger partial charge in [-0.05, 0) is 42.7 Å². The Morgan fingerprint density at radius 1 is 1.12 bits per heavy atom. The molecule has 0 saturated carbocycles. The monoisotopic (exact) mass is 348 g/mol. The second-order valence-electron chi connectivity index (χ2n) is 6.06. The molecule has 4 nitrogen and oxygen atoms in total. The standard InChI is InChI=1S/C18H21FN2O2S/c19-16-7-4-6-15(12-16)14-24(22,23)20-13-18-10-5-11-21(18)17-8-2-1-3-9-17/h1-4,6-9,12,18,20H,5,10-11,13-14H2. The van der Waals surface area contributed by atoms with E-state index in [4.69, 9.17) is 0 Å². The Labute approximate surface area is 142 Å². The van der Waals surface area contributed by atoms with Gasteiger partial charge in [0.2, 0.25) is 10.0 Å². The van der Waals surface area contributed by atoms with E-state index in [0.717, 1.165) is 25.1 Å². The number of hydrogen-bond acceptors (Lipinski definition) is 3. The highest BCUT2D eigenvalue weighted by Gasteiger charge is 2.26. The normalized spacial score (nSPS) is 18.0. The first-order valence-electron chi connectivity index (χ1n) is 8.07. The van der Waals surface area contributed by atoms with E-state index in [1.54, 1.807) is 6.07 Å². The maximum atomic E-state index is 13.2. The molecule has 0 amide bonds. The highest BCUT2D eigenvalue weighted by atomic mass is 32.2. The number of anilines is 1. The number of hydrogen-bond donors (Lipinski definition) is 1. The predicted molar refractivity (Wildman–Crippen MR) is 93.8 cm³/mol. The third-order valence-electron chi connectivity index (χ3n) is 4.25. The summed E-state index contributed by atoms with van der Waals surface area (Å²) in [7, 11) is -3.49. The van der Waals surface area contributed by atoms with Crippen LogP contribution in [-0.2, 0) is 15.8 Å². The third-order valence-corrected chi connectivity index (χ3v) is 5.57. The molecular weight excluding hydrogens is 327 g/mol.